The standard InChI is InChI=1S/C15H19ClN2O/c1-9-12-7-11(5-6-17-3)10(2)18-15(12)14(19-4)8-13(9)16/h7-8,17H,5-6H2,1-4H3. The van der Waals surface area contributed by atoms with Gasteiger partial charge in [-0.15, -0.1) is 0 Å². The van der Waals surface area contributed by atoms with E-state index in [1.165, 1.54) is 5.56 Å². The molecule has 0 saturated heterocycles. The number of nitrogens with one attached hydrogen (secondary N) is 1. The molecular weight excluding hydrogens is 260 g/mol. The summed E-state index contributed by atoms with van der Waals surface area (Å²) in [5.41, 5.74) is 4.22. The van der Waals surface area contributed by atoms with Crippen molar-refractivity contribution < 1.29 is 4.74 Å². The van der Waals surface area contributed by atoms with Crippen molar-refractivity contribution in [3.8, 4) is 5.75 Å². The van der Waals surface area contributed by atoms with Crippen LogP contribution in [0.2, 0.25) is 5.02 Å². The minimum atomic E-state index is 0.717. The molecule has 3 nitrogen and oxygen atoms in total. The third-order valence-electron chi connectivity index (χ3n) is 3.44. The molecule has 0 fully saturated rings. The van der Waals surface area contributed by atoms with Crippen molar-refractivity contribution >= 4 is 22.5 Å². The quantitative estimate of drug-likeness (QED) is 0.932. The van der Waals surface area contributed by atoms with Crippen LogP contribution in [0.4, 0.5) is 0 Å². The van der Waals surface area contributed by atoms with Gasteiger partial charge in [-0.25, -0.2) is 4.98 Å². The first-order chi connectivity index (χ1) is 9.08. The number of hydrogen-bond donors (Lipinski definition) is 1. The van der Waals surface area contributed by atoms with Crippen molar-refractivity contribution in [3.63, 3.8) is 0 Å². The van der Waals surface area contributed by atoms with E-state index in [4.69, 9.17) is 16.3 Å². The molecule has 4 heteroatoms. The molecule has 0 aliphatic carbocycles. The number of pyridine rings is 1. The van der Waals surface area contributed by atoms with Gasteiger partial charge in [-0.2, -0.15) is 0 Å². The third kappa shape index (κ3) is 2.67. The summed E-state index contributed by atoms with van der Waals surface area (Å²) in [5.74, 6) is 0.730. The van der Waals surface area contributed by atoms with Crippen LogP contribution in [-0.4, -0.2) is 25.7 Å². The van der Waals surface area contributed by atoms with Crippen LogP contribution in [0.15, 0.2) is 12.1 Å². The van der Waals surface area contributed by atoms with E-state index in [0.29, 0.717) is 0 Å². The van der Waals surface area contributed by atoms with Crippen LogP contribution in [0.5, 0.6) is 5.75 Å². The molecule has 2 aromatic rings. The van der Waals surface area contributed by atoms with Crippen LogP contribution in [0.3, 0.4) is 0 Å². The summed E-state index contributed by atoms with van der Waals surface area (Å²) < 4.78 is 5.38. The maximum Gasteiger partial charge on any atom is 0.146 e. The van der Waals surface area contributed by atoms with Crippen LogP contribution >= 0.6 is 11.6 Å². The zero-order chi connectivity index (χ0) is 14.0. The minimum absolute atomic E-state index is 0.717. The lowest BCUT2D eigenvalue weighted by molar-refractivity contribution is 0.419. The predicted molar refractivity (Wildman–Crippen MR) is 80.4 cm³/mol. The summed E-state index contributed by atoms with van der Waals surface area (Å²) in [6.45, 7) is 4.99. The van der Waals surface area contributed by atoms with Crippen molar-refractivity contribution in [2.75, 3.05) is 20.7 Å². The lowest BCUT2D eigenvalue weighted by Crippen LogP contribution is -2.11. The SMILES string of the molecule is CNCCc1cc2c(C)c(Cl)cc(OC)c2nc1C. The van der Waals surface area contributed by atoms with E-state index in [1.54, 1.807) is 7.11 Å². The Morgan fingerprint density at radius 2 is 2.05 bits per heavy atom. The van der Waals surface area contributed by atoms with Gasteiger partial charge >= 0.3 is 0 Å². The molecule has 1 heterocycles. The largest absolute Gasteiger partial charge is 0.494 e. The molecule has 0 aliphatic rings. The molecule has 2 rings (SSSR count). The number of likely N-dealkylation sites (N-methyl/N-ethyl adjacent to an activating group) is 1. The number of methoxy groups -OCH3 is 1. The van der Waals surface area contributed by atoms with E-state index >= 15 is 0 Å². The molecule has 1 aromatic heterocycles. The summed E-state index contributed by atoms with van der Waals surface area (Å²) in [5, 5.41) is 4.95. The van der Waals surface area contributed by atoms with Gasteiger partial charge in [0.05, 0.1) is 7.11 Å². The molecule has 0 spiro atoms. The zero-order valence-corrected chi connectivity index (χ0v) is 12.6. The van der Waals surface area contributed by atoms with Gasteiger partial charge in [-0.05, 0) is 51.1 Å². The maximum absolute atomic E-state index is 6.25. The van der Waals surface area contributed by atoms with Gasteiger partial charge in [0.1, 0.15) is 11.3 Å². The summed E-state index contributed by atoms with van der Waals surface area (Å²) in [4.78, 5) is 4.69. The molecule has 102 valence electrons. The molecule has 0 saturated carbocycles. The molecule has 1 aromatic carbocycles. The monoisotopic (exact) mass is 278 g/mol. The van der Waals surface area contributed by atoms with Crippen LogP contribution in [0.25, 0.3) is 10.9 Å². The zero-order valence-electron chi connectivity index (χ0n) is 11.8. The second-order valence-electron chi connectivity index (χ2n) is 4.67. The maximum atomic E-state index is 6.25. The Labute approximate surface area is 118 Å². The van der Waals surface area contributed by atoms with E-state index in [1.807, 2.05) is 27.0 Å². The average molecular weight is 279 g/mol. The first-order valence-electron chi connectivity index (χ1n) is 6.36. The van der Waals surface area contributed by atoms with Crippen molar-refractivity contribution in [3.05, 3.63) is 34.0 Å². The van der Waals surface area contributed by atoms with E-state index in [9.17, 15) is 0 Å². The molecule has 0 radical (unpaired) electrons. The van der Waals surface area contributed by atoms with Crippen molar-refractivity contribution in [2.24, 2.45) is 0 Å². The Morgan fingerprint density at radius 3 is 2.68 bits per heavy atom. The summed E-state index contributed by atoms with van der Waals surface area (Å²) >= 11 is 6.25. The molecule has 0 atom stereocenters. The van der Waals surface area contributed by atoms with Gasteiger partial charge in [-0.3, -0.25) is 0 Å². The second-order valence-corrected chi connectivity index (χ2v) is 5.08. The topological polar surface area (TPSA) is 34.1 Å². The fourth-order valence-electron chi connectivity index (χ4n) is 2.21. The first-order valence-corrected chi connectivity index (χ1v) is 6.74. The van der Waals surface area contributed by atoms with Crippen LogP contribution in [0, 0.1) is 13.8 Å². The second kappa shape index (κ2) is 5.76. The molecular formula is C15H19ClN2O. The molecule has 0 amide bonds. The fraction of sp³-hybridized carbons (Fsp3) is 0.400. The van der Waals surface area contributed by atoms with Crippen LogP contribution in [-0.2, 0) is 6.42 Å². The van der Waals surface area contributed by atoms with Crippen molar-refractivity contribution in [1.29, 1.82) is 0 Å². The molecule has 1 N–H and O–H groups in total. The Kier molecular flexibility index (Phi) is 4.27. The molecule has 0 unspecified atom stereocenters. The van der Waals surface area contributed by atoms with Gasteiger partial charge in [0.15, 0.2) is 0 Å². The lowest BCUT2D eigenvalue weighted by Gasteiger charge is -2.13. The van der Waals surface area contributed by atoms with Gasteiger partial charge in [0.2, 0.25) is 0 Å². The molecule has 0 bridgehead atoms. The molecule has 0 aliphatic heterocycles. The highest BCUT2D eigenvalue weighted by Crippen LogP contribution is 2.33. The number of nitrogens with zero attached hydrogens (tertiary/aromatic N) is 1. The lowest BCUT2D eigenvalue weighted by atomic mass is 10.0. The van der Waals surface area contributed by atoms with Gasteiger partial charge in [0.25, 0.3) is 0 Å². The minimum Gasteiger partial charge on any atom is -0.494 e. The number of halogens is 1. The number of aromatic nitrogens is 1. The normalized spacial score (nSPS) is 11.0. The summed E-state index contributed by atoms with van der Waals surface area (Å²) in [6, 6.07) is 4.01. The highest BCUT2D eigenvalue weighted by atomic mass is 35.5. The average Bonchev–Trinajstić information content (AvgIpc) is 2.41. The Balaban J connectivity index is 2.66. The van der Waals surface area contributed by atoms with Crippen molar-refractivity contribution in [2.45, 2.75) is 20.3 Å². The number of rotatable bonds is 4. The number of benzene rings is 1. The third-order valence-corrected chi connectivity index (χ3v) is 3.83. The first kappa shape index (κ1) is 14.1. The molecule has 19 heavy (non-hydrogen) atoms. The van der Waals surface area contributed by atoms with Crippen LogP contribution < -0.4 is 10.1 Å². The number of aryl methyl sites for hydroxylation is 2. The summed E-state index contributed by atoms with van der Waals surface area (Å²) in [7, 11) is 3.60. The summed E-state index contributed by atoms with van der Waals surface area (Å²) in [6.07, 6.45) is 0.958. The van der Waals surface area contributed by atoms with Crippen molar-refractivity contribution in [1.82, 2.24) is 10.3 Å². The van der Waals surface area contributed by atoms with Gasteiger partial charge in [0, 0.05) is 22.2 Å². The highest BCUT2D eigenvalue weighted by molar-refractivity contribution is 6.32. The Morgan fingerprint density at radius 1 is 1.32 bits per heavy atom. The highest BCUT2D eigenvalue weighted by Gasteiger charge is 2.12. The predicted octanol–water partition coefficient (Wildman–Crippen LogP) is 3.28. The number of ether oxygens (including phenoxy) is 1. The van der Waals surface area contributed by atoms with E-state index in [-0.39, 0.29) is 0 Å². The van der Waals surface area contributed by atoms with Gasteiger partial charge < -0.3 is 10.1 Å². The number of hydrogen-bond acceptors (Lipinski definition) is 3. The van der Waals surface area contributed by atoms with E-state index in [2.05, 4.69) is 16.4 Å². The number of fused-ring (bicyclic) bond motifs is 1. The Hall–Kier alpha value is -1.32. The van der Waals surface area contributed by atoms with E-state index < -0.39 is 0 Å². The van der Waals surface area contributed by atoms with Crippen LogP contribution in [0.1, 0.15) is 16.8 Å². The Bertz CT molecular complexity index is 611. The fourth-order valence-corrected chi connectivity index (χ4v) is 2.41. The van der Waals surface area contributed by atoms with Gasteiger partial charge in [-0.1, -0.05) is 11.6 Å². The smallest absolute Gasteiger partial charge is 0.146 e. The van der Waals surface area contributed by atoms with E-state index in [0.717, 1.165) is 45.9 Å².